The van der Waals surface area contributed by atoms with Gasteiger partial charge in [-0.2, -0.15) is 0 Å². The van der Waals surface area contributed by atoms with Crippen LogP contribution in [-0.2, 0) is 14.3 Å². The molecular formula is C11H18O3. The number of hydrogen-bond donors (Lipinski definition) is 0. The maximum absolute atomic E-state index is 11.5. The van der Waals surface area contributed by atoms with Gasteiger partial charge in [0, 0.05) is 19.4 Å². The predicted molar refractivity (Wildman–Crippen MR) is 53.9 cm³/mol. The average molecular weight is 198 g/mol. The summed E-state index contributed by atoms with van der Waals surface area (Å²) in [7, 11) is 1.61. The molecule has 0 heterocycles. The first kappa shape index (κ1) is 11.4. The van der Waals surface area contributed by atoms with Crippen LogP contribution in [-0.4, -0.2) is 25.8 Å². The minimum absolute atomic E-state index is 0.114. The normalized spacial score (nSPS) is 27.6. The summed E-state index contributed by atoms with van der Waals surface area (Å²) < 4.78 is 10.3. The van der Waals surface area contributed by atoms with Crippen molar-refractivity contribution >= 4 is 5.78 Å². The van der Waals surface area contributed by atoms with E-state index in [0.29, 0.717) is 19.0 Å². The van der Waals surface area contributed by atoms with Gasteiger partial charge in [0.1, 0.15) is 12.6 Å². The Bertz CT molecular complexity index is 201. The van der Waals surface area contributed by atoms with Crippen molar-refractivity contribution < 1.29 is 14.3 Å². The predicted octanol–water partition coefficient (Wildman–Crippen LogP) is 1.92. The number of rotatable bonds is 5. The molecule has 80 valence electrons. The molecule has 0 radical (unpaired) electrons. The van der Waals surface area contributed by atoms with Gasteiger partial charge in [-0.15, -0.1) is 6.58 Å². The van der Waals surface area contributed by atoms with Gasteiger partial charge in [0.15, 0.2) is 0 Å². The third-order valence-electron chi connectivity index (χ3n) is 2.59. The number of carbonyl (C=O) groups is 1. The van der Waals surface area contributed by atoms with E-state index < -0.39 is 0 Å². The molecule has 1 saturated carbocycles. The quantitative estimate of drug-likeness (QED) is 0.500. The molecule has 1 fully saturated rings. The van der Waals surface area contributed by atoms with Crippen molar-refractivity contribution in [2.75, 3.05) is 13.9 Å². The van der Waals surface area contributed by atoms with E-state index in [1.165, 1.54) is 0 Å². The molecule has 3 nitrogen and oxygen atoms in total. The molecule has 0 aromatic rings. The van der Waals surface area contributed by atoms with Crippen LogP contribution in [0.15, 0.2) is 12.7 Å². The number of ether oxygens (including phenoxy) is 2. The molecule has 14 heavy (non-hydrogen) atoms. The van der Waals surface area contributed by atoms with E-state index in [1.807, 2.05) is 0 Å². The molecule has 0 aromatic heterocycles. The highest BCUT2D eigenvalue weighted by molar-refractivity contribution is 5.81. The van der Waals surface area contributed by atoms with Crippen molar-refractivity contribution in [1.29, 1.82) is 0 Å². The Hall–Kier alpha value is -0.670. The van der Waals surface area contributed by atoms with E-state index in [1.54, 1.807) is 13.2 Å². The Morgan fingerprint density at radius 2 is 2.43 bits per heavy atom. The Balaban J connectivity index is 2.36. The van der Waals surface area contributed by atoms with Crippen LogP contribution in [0.4, 0.5) is 0 Å². The maximum atomic E-state index is 11.5. The van der Waals surface area contributed by atoms with E-state index in [9.17, 15) is 4.79 Å². The van der Waals surface area contributed by atoms with Crippen LogP contribution < -0.4 is 0 Å². The third-order valence-corrected chi connectivity index (χ3v) is 2.59. The van der Waals surface area contributed by atoms with Gasteiger partial charge in [0.25, 0.3) is 0 Å². The van der Waals surface area contributed by atoms with Crippen molar-refractivity contribution in [2.45, 2.75) is 31.8 Å². The molecule has 0 N–H and O–H groups in total. The highest BCUT2D eigenvalue weighted by Gasteiger charge is 2.27. The standard InChI is InChI=1S/C11H18O3/c1-3-4-9-7-10(14-8-13-2)5-6-11(9)12/h3,9-10H,1,4-8H2,2H3. The highest BCUT2D eigenvalue weighted by Crippen LogP contribution is 2.26. The van der Waals surface area contributed by atoms with Crippen LogP contribution in [0.2, 0.25) is 0 Å². The van der Waals surface area contributed by atoms with E-state index in [0.717, 1.165) is 19.3 Å². The fraction of sp³-hybridized carbons (Fsp3) is 0.727. The number of Topliss-reactive ketones (excluding diaryl/α,β-unsaturated/α-hetero) is 1. The summed E-state index contributed by atoms with van der Waals surface area (Å²) in [4.78, 5) is 11.5. The topological polar surface area (TPSA) is 35.5 Å². The minimum Gasteiger partial charge on any atom is -0.359 e. The Labute approximate surface area is 85.1 Å². The molecule has 0 amide bonds. The molecule has 1 aliphatic rings. The van der Waals surface area contributed by atoms with Crippen LogP contribution in [0.3, 0.4) is 0 Å². The zero-order chi connectivity index (χ0) is 10.4. The van der Waals surface area contributed by atoms with Gasteiger partial charge in [0.2, 0.25) is 0 Å². The number of carbonyl (C=O) groups excluding carboxylic acids is 1. The molecule has 1 aliphatic carbocycles. The summed E-state index contributed by atoms with van der Waals surface area (Å²) in [6, 6.07) is 0. The first-order valence-electron chi connectivity index (χ1n) is 5.02. The van der Waals surface area contributed by atoms with Crippen LogP contribution >= 0.6 is 0 Å². The first-order valence-corrected chi connectivity index (χ1v) is 5.02. The number of hydrogen-bond acceptors (Lipinski definition) is 3. The average Bonchev–Trinajstić information content (AvgIpc) is 2.19. The SMILES string of the molecule is C=CCC1CC(OCOC)CCC1=O. The highest BCUT2D eigenvalue weighted by atomic mass is 16.7. The van der Waals surface area contributed by atoms with Crippen molar-refractivity contribution in [3.8, 4) is 0 Å². The monoisotopic (exact) mass is 198 g/mol. The molecule has 2 atom stereocenters. The van der Waals surface area contributed by atoms with Crippen molar-refractivity contribution in [2.24, 2.45) is 5.92 Å². The fourth-order valence-corrected chi connectivity index (χ4v) is 1.82. The summed E-state index contributed by atoms with van der Waals surface area (Å²) in [5.74, 6) is 0.463. The zero-order valence-electron chi connectivity index (χ0n) is 8.70. The summed E-state index contributed by atoms with van der Waals surface area (Å²) in [6.45, 7) is 3.98. The number of methoxy groups -OCH3 is 1. The molecule has 0 bridgehead atoms. The Kier molecular flexibility index (Phi) is 4.84. The van der Waals surface area contributed by atoms with Crippen molar-refractivity contribution in [3.63, 3.8) is 0 Å². The molecule has 0 aromatic carbocycles. The lowest BCUT2D eigenvalue weighted by Gasteiger charge is -2.27. The van der Waals surface area contributed by atoms with Gasteiger partial charge in [-0.3, -0.25) is 4.79 Å². The van der Waals surface area contributed by atoms with Crippen LogP contribution in [0.5, 0.6) is 0 Å². The van der Waals surface area contributed by atoms with Crippen LogP contribution in [0, 0.1) is 5.92 Å². The summed E-state index contributed by atoms with van der Waals surface area (Å²) in [5, 5.41) is 0. The zero-order valence-corrected chi connectivity index (χ0v) is 8.70. The third kappa shape index (κ3) is 3.24. The van der Waals surface area contributed by atoms with Gasteiger partial charge in [-0.25, -0.2) is 0 Å². The molecule has 1 rings (SSSR count). The maximum Gasteiger partial charge on any atom is 0.146 e. The van der Waals surface area contributed by atoms with Crippen molar-refractivity contribution in [3.05, 3.63) is 12.7 Å². The molecule has 0 spiro atoms. The van der Waals surface area contributed by atoms with E-state index in [4.69, 9.17) is 9.47 Å². The van der Waals surface area contributed by atoms with Gasteiger partial charge in [-0.1, -0.05) is 6.08 Å². The minimum atomic E-state index is 0.114. The second-order valence-electron chi connectivity index (χ2n) is 3.66. The molecule has 2 unspecified atom stereocenters. The van der Waals surface area contributed by atoms with Gasteiger partial charge in [-0.05, 0) is 19.3 Å². The van der Waals surface area contributed by atoms with Crippen molar-refractivity contribution in [1.82, 2.24) is 0 Å². The summed E-state index contributed by atoms with van der Waals surface area (Å²) in [6.07, 6.45) is 5.03. The first-order chi connectivity index (χ1) is 6.77. The molecule has 3 heteroatoms. The van der Waals surface area contributed by atoms with Gasteiger partial charge < -0.3 is 9.47 Å². The number of allylic oxidation sites excluding steroid dienone is 1. The lowest BCUT2D eigenvalue weighted by Crippen LogP contribution is -2.30. The Morgan fingerprint density at radius 1 is 1.64 bits per heavy atom. The van der Waals surface area contributed by atoms with E-state index in [-0.39, 0.29) is 12.0 Å². The molecule has 0 saturated heterocycles. The van der Waals surface area contributed by atoms with Gasteiger partial charge >= 0.3 is 0 Å². The lowest BCUT2D eigenvalue weighted by atomic mass is 9.84. The summed E-state index contributed by atoms with van der Waals surface area (Å²) in [5.41, 5.74) is 0. The van der Waals surface area contributed by atoms with Gasteiger partial charge in [0.05, 0.1) is 6.10 Å². The molecular weight excluding hydrogens is 180 g/mol. The van der Waals surface area contributed by atoms with Crippen LogP contribution in [0.1, 0.15) is 25.7 Å². The number of ketones is 1. The lowest BCUT2D eigenvalue weighted by molar-refractivity contribution is -0.133. The second-order valence-corrected chi connectivity index (χ2v) is 3.66. The fourth-order valence-electron chi connectivity index (χ4n) is 1.82. The second kappa shape index (κ2) is 5.94. The smallest absolute Gasteiger partial charge is 0.146 e. The largest absolute Gasteiger partial charge is 0.359 e. The van der Waals surface area contributed by atoms with E-state index >= 15 is 0 Å². The Morgan fingerprint density at radius 3 is 3.07 bits per heavy atom. The summed E-state index contributed by atoms with van der Waals surface area (Å²) >= 11 is 0. The van der Waals surface area contributed by atoms with E-state index in [2.05, 4.69) is 6.58 Å². The van der Waals surface area contributed by atoms with Crippen LogP contribution in [0.25, 0.3) is 0 Å². The molecule has 0 aliphatic heterocycles.